The maximum absolute atomic E-state index is 13.5. The van der Waals surface area contributed by atoms with Crippen molar-refractivity contribution in [3.63, 3.8) is 0 Å². The van der Waals surface area contributed by atoms with Gasteiger partial charge in [0.25, 0.3) is 10.1 Å². The summed E-state index contributed by atoms with van der Waals surface area (Å²) in [5.41, 5.74) is 0. The van der Waals surface area contributed by atoms with Crippen LogP contribution in [0.1, 0.15) is 38.5 Å². The van der Waals surface area contributed by atoms with Crippen molar-refractivity contribution in [2.45, 2.75) is 78.3 Å². The molecule has 0 bridgehead atoms. The van der Waals surface area contributed by atoms with Gasteiger partial charge in [0.1, 0.15) is 17.2 Å². The van der Waals surface area contributed by atoms with Crippen molar-refractivity contribution >= 4 is 20.4 Å². The fourth-order valence-corrected chi connectivity index (χ4v) is 10.6. The summed E-state index contributed by atoms with van der Waals surface area (Å²) in [6, 6.07) is 19.4. The second-order valence-corrected chi connectivity index (χ2v) is 15.5. The van der Waals surface area contributed by atoms with Crippen molar-refractivity contribution in [3.05, 3.63) is 72.8 Å². The quantitative estimate of drug-likeness (QED) is 0.194. The zero-order valence-corrected chi connectivity index (χ0v) is 26.5. The van der Waals surface area contributed by atoms with E-state index in [4.69, 9.17) is 32.1 Å². The van der Waals surface area contributed by atoms with Gasteiger partial charge in [-0.1, -0.05) is 0 Å². The Morgan fingerprint density at radius 3 is 1.17 bits per heavy atom. The van der Waals surface area contributed by atoms with E-state index < -0.39 is 51.2 Å². The molecule has 0 radical (unpaired) electrons. The number of ether oxygens (including phenoxy) is 6. The van der Waals surface area contributed by atoms with Crippen LogP contribution in [0.2, 0.25) is 0 Å². The van der Waals surface area contributed by atoms with Gasteiger partial charge in [0, 0.05) is 33.9 Å². The Bertz CT molecular complexity index is 1380. The molecule has 0 aromatic heterocycles. The summed E-state index contributed by atoms with van der Waals surface area (Å²) in [5.74, 6) is -0.775. The molecule has 6 rings (SSSR count). The van der Waals surface area contributed by atoms with Gasteiger partial charge >= 0.3 is 6.18 Å². The molecule has 3 aromatic carbocycles. The van der Waals surface area contributed by atoms with Gasteiger partial charge in [0.2, 0.25) is 0 Å². The van der Waals surface area contributed by atoms with E-state index in [1.54, 1.807) is 72.8 Å². The molecular formula is C32H35F3O9S2. The van der Waals surface area contributed by atoms with E-state index in [9.17, 15) is 21.6 Å². The van der Waals surface area contributed by atoms with Gasteiger partial charge in [-0.05, 0) is 102 Å². The Morgan fingerprint density at radius 1 is 0.587 bits per heavy atom. The first-order valence-electron chi connectivity index (χ1n) is 15.1. The number of hydrogen-bond donors (Lipinski definition) is 0. The zero-order chi connectivity index (χ0) is 32.2. The summed E-state index contributed by atoms with van der Waals surface area (Å²) in [6.45, 7) is 1.75. The Morgan fingerprint density at radius 2 is 0.913 bits per heavy atom. The average molecular weight is 685 g/mol. The second kappa shape index (κ2) is 14.0. The molecule has 0 saturated carbocycles. The number of benzene rings is 3. The first-order valence-corrected chi connectivity index (χ1v) is 18.2. The van der Waals surface area contributed by atoms with Crippen LogP contribution >= 0.6 is 10.3 Å². The highest BCUT2D eigenvalue weighted by Gasteiger charge is 2.43. The van der Waals surface area contributed by atoms with Gasteiger partial charge in [-0.15, -0.1) is 0 Å². The molecule has 3 aliphatic rings. The molecule has 3 atom stereocenters. The van der Waals surface area contributed by atoms with E-state index in [1.807, 2.05) is 0 Å². The highest BCUT2D eigenvalue weighted by Crippen LogP contribution is 2.70. The molecule has 3 heterocycles. The minimum Gasteiger partial charge on any atom is -0.465 e. The van der Waals surface area contributed by atoms with Crippen molar-refractivity contribution in [1.29, 1.82) is 0 Å². The Hall–Kier alpha value is -3.01. The van der Waals surface area contributed by atoms with Crippen molar-refractivity contribution in [3.8, 4) is 17.2 Å². The maximum Gasteiger partial charge on any atom is 0.405 e. The molecule has 250 valence electrons. The minimum atomic E-state index is -5.17. The van der Waals surface area contributed by atoms with Crippen molar-refractivity contribution in [1.82, 2.24) is 0 Å². The van der Waals surface area contributed by atoms with E-state index in [0.29, 0.717) is 51.8 Å². The third-order valence-electron chi connectivity index (χ3n) is 7.48. The number of rotatable bonds is 12. The smallest absolute Gasteiger partial charge is 0.405 e. The number of hydrogen-bond acceptors (Lipinski definition) is 9. The van der Waals surface area contributed by atoms with Crippen LogP contribution in [0.3, 0.4) is 0 Å². The standard InChI is InChI=1S/C32H35F3O9S2/c33-32(34,35)22-45(36,37)44-46(26-13-7-23(8-14-26)41-29-4-1-19-38-29,27-15-9-24(10-16-27)42-30-5-2-20-39-30)28-17-11-25(12-18-28)43-31-6-3-21-40-31/h7-18,29-31H,1-6,19-22H2. The van der Waals surface area contributed by atoms with Crippen LogP contribution in [0.4, 0.5) is 13.2 Å². The van der Waals surface area contributed by atoms with Gasteiger partial charge in [0.15, 0.2) is 24.6 Å². The number of alkyl halides is 3. The predicted octanol–water partition coefficient (Wildman–Crippen LogP) is 7.34. The zero-order valence-electron chi connectivity index (χ0n) is 24.9. The topological polar surface area (TPSA) is 98.8 Å². The molecule has 3 fully saturated rings. The van der Waals surface area contributed by atoms with E-state index in [1.165, 1.54) is 0 Å². The summed E-state index contributed by atoms with van der Waals surface area (Å²) in [6.07, 6.45) is -1.54. The Kier molecular flexibility index (Phi) is 10.0. The summed E-state index contributed by atoms with van der Waals surface area (Å²) in [7, 11) is -8.51. The third-order valence-corrected chi connectivity index (χ3v) is 12.6. The van der Waals surface area contributed by atoms with Crippen LogP contribution in [0.15, 0.2) is 87.5 Å². The molecule has 46 heavy (non-hydrogen) atoms. The molecule has 3 aliphatic heterocycles. The highest BCUT2D eigenvalue weighted by atomic mass is 32.3. The van der Waals surface area contributed by atoms with E-state index >= 15 is 0 Å². The molecule has 0 N–H and O–H groups in total. The molecule has 14 heteroatoms. The van der Waals surface area contributed by atoms with Crippen molar-refractivity contribution in [2.75, 3.05) is 25.6 Å². The predicted molar refractivity (Wildman–Crippen MR) is 161 cm³/mol. The van der Waals surface area contributed by atoms with Crippen molar-refractivity contribution in [2.24, 2.45) is 0 Å². The van der Waals surface area contributed by atoms with Gasteiger partial charge < -0.3 is 28.4 Å². The SMILES string of the molecule is O=S(=O)(CC(F)(F)F)OS(c1ccc(OC2CCCO2)cc1)(c1ccc(OC2CCCO2)cc1)c1ccc(OC2CCCO2)cc1. The molecule has 3 unspecified atom stereocenters. The maximum atomic E-state index is 13.5. The number of halogens is 3. The first-order chi connectivity index (χ1) is 22.1. The van der Waals surface area contributed by atoms with E-state index in [2.05, 4.69) is 0 Å². The Balaban J connectivity index is 1.43. The average Bonchev–Trinajstić information content (AvgIpc) is 3.82. The fraction of sp³-hybridized carbons (Fsp3) is 0.438. The van der Waals surface area contributed by atoms with Gasteiger partial charge in [-0.2, -0.15) is 21.6 Å². The lowest BCUT2D eigenvalue weighted by molar-refractivity contribution is -0.107. The molecule has 0 spiro atoms. The van der Waals surface area contributed by atoms with Crippen molar-refractivity contribution < 1.29 is 53.6 Å². The van der Waals surface area contributed by atoms with Crippen LogP contribution in [0, 0.1) is 0 Å². The van der Waals surface area contributed by atoms with Crippen LogP contribution in [-0.2, 0) is 28.0 Å². The molecule has 0 amide bonds. The van der Waals surface area contributed by atoms with E-state index in [-0.39, 0.29) is 0 Å². The molecule has 0 aliphatic carbocycles. The lowest BCUT2D eigenvalue weighted by Crippen LogP contribution is -2.26. The highest BCUT2D eigenvalue weighted by molar-refractivity contribution is 8.33. The van der Waals surface area contributed by atoms with Gasteiger partial charge in [-0.3, -0.25) is 0 Å². The molecule has 9 nitrogen and oxygen atoms in total. The second-order valence-electron chi connectivity index (χ2n) is 11.0. The third kappa shape index (κ3) is 8.09. The lowest BCUT2D eigenvalue weighted by atomic mass is 10.3. The monoisotopic (exact) mass is 684 g/mol. The van der Waals surface area contributed by atoms with Crippen LogP contribution in [-0.4, -0.2) is 59.0 Å². The van der Waals surface area contributed by atoms with Gasteiger partial charge in [-0.25, -0.2) is 3.63 Å². The minimum absolute atomic E-state index is 0.332. The molecule has 3 aromatic rings. The van der Waals surface area contributed by atoms with E-state index in [0.717, 1.165) is 38.5 Å². The Labute approximate surface area is 267 Å². The normalized spacial score (nSPS) is 23.9. The van der Waals surface area contributed by atoms with Crippen LogP contribution < -0.4 is 14.2 Å². The first kappa shape index (κ1) is 32.9. The lowest BCUT2D eigenvalue weighted by Gasteiger charge is -2.39. The van der Waals surface area contributed by atoms with Crippen LogP contribution in [0.25, 0.3) is 0 Å². The summed E-state index contributed by atoms with van der Waals surface area (Å²) in [5, 5.41) is 0. The summed E-state index contributed by atoms with van der Waals surface area (Å²) >= 11 is 0. The fourth-order valence-electron chi connectivity index (χ4n) is 5.41. The largest absolute Gasteiger partial charge is 0.465 e. The summed E-state index contributed by atoms with van der Waals surface area (Å²) in [4.78, 5) is 0.996. The van der Waals surface area contributed by atoms with Gasteiger partial charge in [0.05, 0.1) is 19.8 Å². The molecule has 3 saturated heterocycles. The summed E-state index contributed by atoms with van der Waals surface area (Å²) < 4.78 is 107. The van der Waals surface area contributed by atoms with Crippen LogP contribution in [0.5, 0.6) is 17.2 Å². The molecular weight excluding hydrogens is 649 g/mol.